The van der Waals surface area contributed by atoms with Crippen LogP contribution in [0.4, 0.5) is 36.4 Å². The van der Waals surface area contributed by atoms with Gasteiger partial charge in [-0.1, -0.05) is 12.1 Å². The van der Waals surface area contributed by atoms with Gasteiger partial charge < -0.3 is 15.3 Å². The number of fused-ring (bicyclic) bond motifs is 1. The van der Waals surface area contributed by atoms with Crippen molar-refractivity contribution in [2.45, 2.75) is 54.6 Å². The summed E-state index contributed by atoms with van der Waals surface area (Å²) in [5.41, 5.74) is -2.18. The Balaban J connectivity index is 1.82. The van der Waals surface area contributed by atoms with Crippen molar-refractivity contribution in [2.24, 2.45) is 5.73 Å². The molecular weight excluding hydrogens is 577 g/mol. The maximum absolute atomic E-state index is 13.7. The van der Waals surface area contributed by atoms with Crippen LogP contribution in [0.3, 0.4) is 0 Å². The van der Waals surface area contributed by atoms with Crippen LogP contribution in [0.1, 0.15) is 29.3 Å². The lowest BCUT2D eigenvalue weighted by Crippen LogP contribution is -2.54. The van der Waals surface area contributed by atoms with E-state index in [0.717, 1.165) is 34.6 Å². The predicted octanol–water partition coefficient (Wildman–Crippen LogP) is 3.30. The molecule has 3 aromatic rings. The fraction of sp³-hybridized carbons (Fsp3) is 0.348. The van der Waals surface area contributed by atoms with Gasteiger partial charge in [0.05, 0.1) is 16.6 Å². The van der Waals surface area contributed by atoms with Gasteiger partial charge in [-0.3, -0.25) is 9.10 Å². The molecule has 3 N–H and O–H groups in total. The van der Waals surface area contributed by atoms with Crippen LogP contribution in [0.2, 0.25) is 0 Å². The fourth-order valence-corrected chi connectivity index (χ4v) is 6.09. The number of amides is 1. The standard InChI is InChI=1S/C23H19F7N4O5S/c24-14-3-6-16(7-4-14)40(37,38)34-15(10-19-32-33-20(39-19)11-18(31)35)5-1-12-9-13(2-8-17(12)34)21(36,22(25,26)27)23(28,29)30/h2-4,6-9,15,36H,1,5,10-11H2,(H2,31,35). The normalized spacial score (nSPS) is 16.6. The van der Waals surface area contributed by atoms with Gasteiger partial charge in [0.2, 0.25) is 17.7 Å². The molecule has 1 amide bonds. The van der Waals surface area contributed by atoms with Gasteiger partial charge in [0.1, 0.15) is 12.2 Å². The number of halogens is 7. The van der Waals surface area contributed by atoms with Gasteiger partial charge in [0.15, 0.2) is 0 Å². The minimum absolute atomic E-state index is 0.121. The van der Waals surface area contributed by atoms with Gasteiger partial charge in [-0.05, 0) is 48.7 Å². The van der Waals surface area contributed by atoms with Crippen LogP contribution in [-0.2, 0) is 39.7 Å². The molecule has 1 aliphatic rings. The fourth-order valence-electron chi connectivity index (χ4n) is 4.37. The molecule has 216 valence electrons. The number of aryl methyl sites for hydroxylation is 1. The molecule has 0 saturated carbocycles. The Bertz CT molecular complexity index is 1510. The molecule has 1 atom stereocenters. The van der Waals surface area contributed by atoms with E-state index in [1.165, 1.54) is 0 Å². The number of carbonyl (C=O) groups excluding carboxylic acids is 1. The first-order chi connectivity index (χ1) is 18.4. The lowest BCUT2D eigenvalue weighted by Gasteiger charge is -2.39. The number of aliphatic hydroxyl groups is 1. The van der Waals surface area contributed by atoms with Crippen LogP contribution in [0.15, 0.2) is 51.8 Å². The Morgan fingerprint density at radius 2 is 1.62 bits per heavy atom. The molecule has 40 heavy (non-hydrogen) atoms. The highest BCUT2D eigenvalue weighted by Gasteiger charge is 2.71. The molecule has 0 fully saturated rings. The van der Waals surface area contributed by atoms with E-state index in [2.05, 4.69) is 10.2 Å². The van der Waals surface area contributed by atoms with Gasteiger partial charge in [-0.25, -0.2) is 12.8 Å². The molecule has 0 spiro atoms. The Kier molecular flexibility index (Phi) is 7.33. The number of carbonyl (C=O) groups is 1. The lowest BCUT2D eigenvalue weighted by molar-refractivity contribution is -0.376. The molecule has 4 rings (SSSR count). The molecule has 0 aliphatic carbocycles. The van der Waals surface area contributed by atoms with Crippen LogP contribution in [0.25, 0.3) is 0 Å². The van der Waals surface area contributed by atoms with Crippen molar-refractivity contribution in [3.63, 3.8) is 0 Å². The maximum atomic E-state index is 13.7. The average Bonchev–Trinajstić information content (AvgIpc) is 3.27. The van der Waals surface area contributed by atoms with Crippen molar-refractivity contribution in [3.8, 4) is 0 Å². The molecule has 1 aromatic heterocycles. The second kappa shape index (κ2) is 10.0. The Morgan fingerprint density at radius 3 is 2.20 bits per heavy atom. The summed E-state index contributed by atoms with van der Waals surface area (Å²) >= 11 is 0. The van der Waals surface area contributed by atoms with Crippen molar-refractivity contribution >= 4 is 21.6 Å². The van der Waals surface area contributed by atoms with Crippen molar-refractivity contribution in [1.82, 2.24) is 10.2 Å². The molecular formula is C23H19F7N4O5S. The summed E-state index contributed by atoms with van der Waals surface area (Å²) in [5, 5.41) is 17.2. The molecule has 0 radical (unpaired) electrons. The number of nitrogens with zero attached hydrogens (tertiary/aromatic N) is 3. The summed E-state index contributed by atoms with van der Waals surface area (Å²) in [4.78, 5) is 10.7. The van der Waals surface area contributed by atoms with Crippen LogP contribution in [0.5, 0.6) is 0 Å². The van der Waals surface area contributed by atoms with E-state index in [-0.39, 0.29) is 42.3 Å². The minimum atomic E-state index is -6.14. The predicted molar refractivity (Wildman–Crippen MR) is 122 cm³/mol. The number of alkyl halides is 6. The van der Waals surface area contributed by atoms with Crippen molar-refractivity contribution in [2.75, 3.05) is 4.31 Å². The number of nitrogens with two attached hydrogens (primary N) is 1. The van der Waals surface area contributed by atoms with E-state index in [1.807, 2.05) is 0 Å². The smallest absolute Gasteiger partial charge is 0.425 e. The van der Waals surface area contributed by atoms with E-state index in [0.29, 0.717) is 12.1 Å². The van der Waals surface area contributed by atoms with Crippen molar-refractivity contribution in [1.29, 1.82) is 0 Å². The third kappa shape index (κ3) is 5.22. The number of rotatable bonds is 7. The number of primary amides is 1. The first-order valence-corrected chi connectivity index (χ1v) is 12.8. The average molecular weight is 596 g/mol. The highest BCUT2D eigenvalue weighted by molar-refractivity contribution is 7.92. The third-order valence-electron chi connectivity index (χ3n) is 6.25. The van der Waals surface area contributed by atoms with Gasteiger partial charge >= 0.3 is 12.4 Å². The van der Waals surface area contributed by atoms with Gasteiger partial charge in [0.25, 0.3) is 15.6 Å². The SMILES string of the molecule is NC(=O)Cc1nnc(CC2CCc3cc(C(O)(C(F)(F)F)C(F)(F)F)ccc3N2S(=O)(=O)c2ccc(F)cc2)o1. The quantitative estimate of drug-likeness (QED) is 0.399. The van der Waals surface area contributed by atoms with Crippen molar-refractivity contribution < 1.29 is 53.5 Å². The number of aromatic nitrogens is 2. The molecule has 2 aromatic carbocycles. The zero-order chi connectivity index (χ0) is 29.7. The largest absolute Gasteiger partial charge is 0.430 e. The van der Waals surface area contributed by atoms with Gasteiger partial charge in [-0.2, -0.15) is 26.3 Å². The highest BCUT2D eigenvalue weighted by atomic mass is 32.2. The van der Waals surface area contributed by atoms with Crippen LogP contribution in [0, 0.1) is 5.82 Å². The summed E-state index contributed by atoms with van der Waals surface area (Å²) in [6.07, 6.45) is -13.3. The molecule has 1 unspecified atom stereocenters. The molecule has 17 heteroatoms. The number of hydrogen-bond donors (Lipinski definition) is 2. The van der Waals surface area contributed by atoms with Crippen molar-refractivity contribution in [3.05, 3.63) is 71.2 Å². The number of hydrogen-bond acceptors (Lipinski definition) is 7. The first kappa shape index (κ1) is 29.3. The zero-order valence-corrected chi connectivity index (χ0v) is 20.8. The summed E-state index contributed by atoms with van der Waals surface area (Å²) in [6.45, 7) is 0. The summed E-state index contributed by atoms with van der Waals surface area (Å²) in [7, 11) is -4.58. The monoisotopic (exact) mass is 596 g/mol. The Morgan fingerprint density at radius 1 is 1.02 bits per heavy atom. The lowest BCUT2D eigenvalue weighted by atomic mass is 9.87. The Labute approximate surface area is 221 Å². The summed E-state index contributed by atoms with van der Waals surface area (Å²) in [5.74, 6) is -1.82. The number of benzene rings is 2. The molecule has 0 bridgehead atoms. The van der Waals surface area contributed by atoms with Crippen LogP contribution < -0.4 is 10.0 Å². The van der Waals surface area contributed by atoms with Crippen LogP contribution >= 0.6 is 0 Å². The van der Waals surface area contributed by atoms with Gasteiger partial charge in [0, 0.05) is 12.0 Å². The maximum Gasteiger partial charge on any atom is 0.430 e. The van der Waals surface area contributed by atoms with Crippen LogP contribution in [-0.4, -0.2) is 48.0 Å². The second-order valence-corrected chi connectivity index (χ2v) is 10.7. The molecule has 2 heterocycles. The summed E-state index contributed by atoms with van der Waals surface area (Å²) in [6, 6.07) is 4.08. The summed E-state index contributed by atoms with van der Waals surface area (Å²) < 4.78 is 128. The number of sulfonamides is 1. The molecule has 0 saturated heterocycles. The molecule has 1 aliphatic heterocycles. The highest BCUT2D eigenvalue weighted by Crippen LogP contribution is 2.51. The first-order valence-electron chi connectivity index (χ1n) is 11.3. The Hall–Kier alpha value is -3.73. The third-order valence-corrected chi connectivity index (χ3v) is 8.13. The van der Waals surface area contributed by atoms with E-state index in [9.17, 15) is 49.1 Å². The van der Waals surface area contributed by atoms with E-state index >= 15 is 0 Å². The zero-order valence-electron chi connectivity index (χ0n) is 20.0. The van der Waals surface area contributed by atoms with E-state index in [1.54, 1.807) is 0 Å². The second-order valence-electron chi connectivity index (χ2n) is 8.93. The van der Waals surface area contributed by atoms with E-state index in [4.69, 9.17) is 10.2 Å². The van der Waals surface area contributed by atoms with Gasteiger partial charge in [-0.15, -0.1) is 10.2 Å². The minimum Gasteiger partial charge on any atom is -0.425 e. The van der Waals surface area contributed by atoms with E-state index < -0.39 is 62.6 Å². The molecule has 9 nitrogen and oxygen atoms in total. The topological polar surface area (TPSA) is 140 Å². The number of anilines is 1.